The van der Waals surface area contributed by atoms with Crippen molar-refractivity contribution in [3.05, 3.63) is 35.6 Å². The molecule has 1 aromatic carbocycles. The highest BCUT2D eigenvalue weighted by Crippen LogP contribution is 2.42. The van der Waals surface area contributed by atoms with Gasteiger partial charge >= 0.3 is 0 Å². The number of rotatable bonds is 7. The van der Waals surface area contributed by atoms with Crippen molar-refractivity contribution in [3.63, 3.8) is 0 Å². The molecule has 0 aromatic heterocycles. The number of carbonyl (C=O) groups is 3. The molecule has 7 heteroatoms. The number of ether oxygens (including phenoxy) is 1. The lowest BCUT2D eigenvalue weighted by atomic mass is 9.75. The van der Waals surface area contributed by atoms with Crippen LogP contribution < -0.4 is 0 Å². The molecule has 2 fully saturated rings. The number of halogens is 1. The summed E-state index contributed by atoms with van der Waals surface area (Å²) in [7, 11) is 1.49. The molecule has 0 unspecified atom stereocenters. The number of imide groups is 1. The fraction of sp³-hybridized carbons (Fsp3) is 0.591. The number of carbonyl (C=O) groups excluding carboxylic acids is 3. The third-order valence-corrected chi connectivity index (χ3v) is 6.19. The van der Waals surface area contributed by atoms with E-state index in [4.69, 9.17) is 4.74 Å². The van der Waals surface area contributed by atoms with Crippen LogP contribution >= 0.6 is 0 Å². The van der Waals surface area contributed by atoms with Gasteiger partial charge in [0.2, 0.25) is 17.7 Å². The van der Waals surface area contributed by atoms with Gasteiger partial charge in [0.15, 0.2) is 0 Å². The zero-order valence-electron chi connectivity index (χ0n) is 17.2. The van der Waals surface area contributed by atoms with Crippen LogP contribution in [0.3, 0.4) is 0 Å². The molecule has 0 spiro atoms. The van der Waals surface area contributed by atoms with Crippen molar-refractivity contribution in [1.82, 2.24) is 9.80 Å². The number of piperidine rings is 1. The van der Waals surface area contributed by atoms with E-state index in [1.165, 1.54) is 25.3 Å². The van der Waals surface area contributed by atoms with Crippen LogP contribution in [0.2, 0.25) is 0 Å². The van der Waals surface area contributed by atoms with Crippen LogP contribution in [0.25, 0.3) is 0 Å². The van der Waals surface area contributed by atoms with Crippen LogP contribution in [0.1, 0.15) is 51.0 Å². The van der Waals surface area contributed by atoms with E-state index in [0.717, 1.165) is 30.6 Å². The predicted molar refractivity (Wildman–Crippen MR) is 106 cm³/mol. The Morgan fingerprint density at radius 1 is 1.28 bits per heavy atom. The van der Waals surface area contributed by atoms with E-state index in [9.17, 15) is 18.8 Å². The van der Waals surface area contributed by atoms with E-state index in [1.807, 2.05) is 11.8 Å². The van der Waals surface area contributed by atoms with Crippen molar-refractivity contribution in [2.75, 3.05) is 26.8 Å². The topological polar surface area (TPSA) is 66.9 Å². The summed E-state index contributed by atoms with van der Waals surface area (Å²) < 4.78 is 19.8. The monoisotopic (exact) mass is 404 g/mol. The molecular weight excluding hydrogens is 375 g/mol. The van der Waals surface area contributed by atoms with E-state index in [2.05, 4.69) is 0 Å². The van der Waals surface area contributed by atoms with Crippen LogP contribution in [0.15, 0.2) is 24.3 Å². The van der Waals surface area contributed by atoms with Crippen LogP contribution in [0.5, 0.6) is 0 Å². The highest BCUT2D eigenvalue weighted by molar-refractivity contribution is 6.10. The molecular formula is C22H29FN2O4. The van der Waals surface area contributed by atoms with Crippen LogP contribution in [-0.2, 0) is 24.5 Å². The molecule has 3 amide bonds. The number of benzene rings is 1. The standard InChI is InChI=1S/C22H29FN2O4/c1-3-16-8-6-7-11-24(16)19(26)14-22(17-9-4-5-10-18(17)23)15-20(27)25(21(22)28)12-13-29-2/h4-5,9-10,16H,3,6-8,11-15H2,1-2H3/t16-,22-/m0/s1. The number of amides is 3. The molecule has 2 atom stereocenters. The Morgan fingerprint density at radius 3 is 2.72 bits per heavy atom. The Hall–Kier alpha value is -2.28. The normalized spacial score (nSPS) is 25.0. The number of hydrogen-bond acceptors (Lipinski definition) is 4. The van der Waals surface area contributed by atoms with Gasteiger partial charge in [0.1, 0.15) is 5.82 Å². The maximum absolute atomic E-state index is 14.8. The molecule has 0 bridgehead atoms. The van der Waals surface area contributed by atoms with E-state index in [0.29, 0.717) is 6.54 Å². The van der Waals surface area contributed by atoms with Gasteiger partial charge < -0.3 is 9.64 Å². The summed E-state index contributed by atoms with van der Waals surface area (Å²) in [4.78, 5) is 42.3. The minimum absolute atomic E-state index is 0.0971. The molecule has 2 aliphatic rings. The Bertz CT molecular complexity index is 784. The largest absolute Gasteiger partial charge is 0.383 e. The van der Waals surface area contributed by atoms with Gasteiger partial charge in [-0.15, -0.1) is 0 Å². The molecule has 3 rings (SSSR count). The summed E-state index contributed by atoms with van der Waals surface area (Å²) in [6, 6.07) is 6.09. The summed E-state index contributed by atoms with van der Waals surface area (Å²) in [5, 5.41) is 0. The lowest BCUT2D eigenvalue weighted by Gasteiger charge is -2.37. The number of methoxy groups -OCH3 is 1. The molecule has 0 radical (unpaired) electrons. The number of nitrogens with zero attached hydrogens (tertiary/aromatic N) is 2. The van der Waals surface area contributed by atoms with Crippen molar-refractivity contribution in [3.8, 4) is 0 Å². The van der Waals surface area contributed by atoms with Gasteiger partial charge in [0, 0.05) is 38.1 Å². The van der Waals surface area contributed by atoms with Crippen molar-refractivity contribution in [1.29, 1.82) is 0 Å². The van der Waals surface area contributed by atoms with Gasteiger partial charge in [0.05, 0.1) is 18.6 Å². The third kappa shape index (κ3) is 4.06. The molecule has 2 saturated heterocycles. The lowest BCUT2D eigenvalue weighted by molar-refractivity contribution is -0.144. The molecule has 0 saturated carbocycles. The maximum atomic E-state index is 14.8. The fourth-order valence-electron chi connectivity index (χ4n) is 4.62. The molecule has 29 heavy (non-hydrogen) atoms. The highest BCUT2D eigenvalue weighted by Gasteiger charge is 2.55. The zero-order chi connectivity index (χ0) is 21.0. The van der Waals surface area contributed by atoms with E-state index in [-0.39, 0.29) is 43.5 Å². The molecule has 2 heterocycles. The predicted octanol–water partition coefficient (Wildman–Crippen LogP) is 2.65. The van der Waals surface area contributed by atoms with Gasteiger partial charge in [-0.3, -0.25) is 19.3 Å². The van der Waals surface area contributed by atoms with E-state index >= 15 is 0 Å². The van der Waals surface area contributed by atoms with Crippen LogP contribution in [0, 0.1) is 5.82 Å². The highest BCUT2D eigenvalue weighted by atomic mass is 19.1. The SMILES string of the molecule is CC[C@H]1CCCCN1C(=O)C[C@@]1(c2ccccc2F)CC(=O)N(CCOC)C1=O. The molecule has 1 aromatic rings. The smallest absolute Gasteiger partial charge is 0.241 e. The number of hydrogen-bond donors (Lipinski definition) is 0. The second kappa shape index (κ2) is 9.03. The van der Waals surface area contributed by atoms with Gasteiger partial charge in [0.25, 0.3) is 0 Å². The second-order valence-corrected chi connectivity index (χ2v) is 7.90. The van der Waals surface area contributed by atoms with Crippen LogP contribution in [0.4, 0.5) is 4.39 Å². The minimum atomic E-state index is -1.50. The first-order valence-corrected chi connectivity index (χ1v) is 10.3. The Labute approximate surface area is 171 Å². The van der Waals surface area contributed by atoms with Gasteiger partial charge in [-0.2, -0.15) is 0 Å². The molecule has 0 N–H and O–H groups in total. The Kier molecular flexibility index (Phi) is 6.67. The van der Waals surface area contributed by atoms with Crippen molar-refractivity contribution >= 4 is 17.7 Å². The average Bonchev–Trinajstić information content (AvgIpc) is 2.96. The third-order valence-electron chi connectivity index (χ3n) is 6.19. The van der Waals surface area contributed by atoms with Crippen molar-refractivity contribution < 1.29 is 23.5 Å². The van der Waals surface area contributed by atoms with Crippen LogP contribution in [-0.4, -0.2) is 60.4 Å². The van der Waals surface area contributed by atoms with E-state index in [1.54, 1.807) is 6.07 Å². The van der Waals surface area contributed by atoms with Crippen molar-refractivity contribution in [2.24, 2.45) is 0 Å². The first-order valence-electron chi connectivity index (χ1n) is 10.3. The summed E-state index contributed by atoms with van der Waals surface area (Å²) in [6.07, 6.45) is 3.36. The van der Waals surface area contributed by atoms with Gasteiger partial charge in [-0.25, -0.2) is 4.39 Å². The second-order valence-electron chi connectivity index (χ2n) is 7.90. The quantitative estimate of drug-likeness (QED) is 0.656. The number of likely N-dealkylation sites (tertiary alicyclic amines) is 2. The average molecular weight is 404 g/mol. The zero-order valence-corrected chi connectivity index (χ0v) is 17.2. The Balaban J connectivity index is 1.97. The van der Waals surface area contributed by atoms with Crippen molar-refractivity contribution in [2.45, 2.75) is 56.9 Å². The summed E-state index contributed by atoms with van der Waals surface area (Å²) in [5.41, 5.74) is -1.38. The van der Waals surface area contributed by atoms with Gasteiger partial charge in [-0.1, -0.05) is 25.1 Å². The molecule has 158 valence electrons. The minimum Gasteiger partial charge on any atom is -0.383 e. The first-order chi connectivity index (χ1) is 13.9. The first kappa shape index (κ1) is 21.4. The Morgan fingerprint density at radius 2 is 2.03 bits per heavy atom. The fourth-order valence-corrected chi connectivity index (χ4v) is 4.62. The molecule has 2 aliphatic heterocycles. The lowest BCUT2D eigenvalue weighted by Crippen LogP contribution is -2.48. The summed E-state index contributed by atoms with van der Waals surface area (Å²) in [6.45, 7) is 2.97. The van der Waals surface area contributed by atoms with Gasteiger partial charge in [-0.05, 0) is 31.7 Å². The molecule has 6 nitrogen and oxygen atoms in total. The van der Waals surface area contributed by atoms with E-state index < -0.39 is 23.0 Å². The maximum Gasteiger partial charge on any atom is 0.241 e. The summed E-state index contributed by atoms with van der Waals surface area (Å²) >= 11 is 0. The molecule has 0 aliphatic carbocycles. The summed E-state index contributed by atoms with van der Waals surface area (Å²) in [5.74, 6) is -1.66.